The van der Waals surface area contributed by atoms with Crippen LogP contribution in [0.4, 0.5) is 11.8 Å². The smallest absolute Gasteiger partial charge is 0.241 e. The number of aromatic amines is 1. The summed E-state index contributed by atoms with van der Waals surface area (Å²) < 4.78 is 0. The van der Waals surface area contributed by atoms with E-state index in [-0.39, 0.29) is 17.9 Å². The van der Waals surface area contributed by atoms with Crippen molar-refractivity contribution in [2.45, 2.75) is 18.9 Å². The molecule has 0 aliphatic carbocycles. The Kier molecular flexibility index (Phi) is 2.67. The fourth-order valence-electron chi connectivity index (χ4n) is 3.32. The molecule has 1 amide bonds. The van der Waals surface area contributed by atoms with Crippen LogP contribution in [0.15, 0.2) is 6.20 Å². The second-order valence-corrected chi connectivity index (χ2v) is 5.40. The third-order valence-electron chi connectivity index (χ3n) is 4.29. The fourth-order valence-corrected chi connectivity index (χ4v) is 3.32. The third-order valence-corrected chi connectivity index (χ3v) is 4.29. The molecule has 2 saturated heterocycles. The number of fused-ring (bicyclic) bond motifs is 2. The lowest BCUT2D eigenvalue weighted by Crippen LogP contribution is -2.46. The maximum absolute atomic E-state index is 11.9. The zero-order valence-corrected chi connectivity index (χ0v) is 11.3. The zero-order valence-electron chi connectivity index (χ0n) is 11.3. The summed E-state index contributed by atoms with van der Waals surface area (Å²) in [4.78, 5) is 22.8. The summed E-state index contributed by atoms with van der Waals surface area (Å²) in [7, 11) is 0. The van der Waals surface area contributed by atoms with Gasteiger partial charge in [-0.25, -0.2) is 5.84 Å². The van der Waals surface area contributed by atoms with Gasteiger partial charge in [-0.3, -0.25) is 15.3 Å². The van der Waals surface area contributed by atoms with E-state index in [0.717, 1.165) is 30.6 Å². The number of anilines is 2. The van der Waals surface area contributed by atoms with Crippen molar-refractivity contribution in [1.29, 1.82) is 0 Å². The van der Waals surface area contributed by atoms with Crippen LogP contribution in [0.25, 0.3) is 11.0 Å². The topological polar surface area (TPSA) is 125 Å². The highest BCUT2D eigenvalue weighted by Gasteiger charge is 2.41. The summed E-state index contributed by atoms with van der Waals surface area (Å²) in [5, 5.41) is 10.6. The average Bonchev–Trinajstić information content (AvgIpc) is 3.13. The van der Waals surface area contributed by atoms with E-state index in [1.54, 1.807) is 6.20 Å². The van der Waals surface area contributed by atoms with Crippen molar-refractivity contribution >= 4 is 28.7 Å². The Morgan fingerprint density at radius 3 is 3.19 bits per heavy atom. The number of nitrogens with two attached hydrogens (primary N) is 1. The van der Waals surface area contributed by atoms with Crippen LogP contribution >= 0.6 is 0 Å². The van der Waals surface area contributed by atoms with Gasteiger partial charge in [0.05, 0.1) is 23.5 Å². The van der Waals surface area contributed by atoms with Gasteiger partial charge >= 0.3 is 0 Å². The number of amides is 1. The van der Waals surface area contributed by atoms with Gasteiger partial charge in [-0.05, 0) is 12.8 Å². The first kappa shape index (κ1) is 12.3. The third kappa shape index (κ3) is 1.81. The van der Waals surface area contributed by atoms with Gasteiger partial charge in [0.15, 0.2) is 5.65 Å². The molecule has 0 bridgehead atoms. The largest absolute Gasteiger partial charge is 0.354 e. The van der Waals surface area contributed by atoms with Gasteiger partial charge in [-0.15, -0.1) is 0 Å². The molecule has 0 spiro atoms. The molecule has 9 heteroatoms. The second kappa shape index (κ2) is 4.55. The highest BCUT2D eigenvalue weighted by atomic mass is 16.2. The first-order valence-corrected chi connectivity index (χ1v) is 7.00. The molecule has 0 radical (unpaired) electrons. The molecule has 2 atom stereocenters. The summed E-state index contributed by atoms with van der Waals surface area (Å²) in [5.74, 6) is 6.72. The molecular weight excluding hydrogens is 272 g/mol. The Morgan fingerprint density at radius 2 is 2.33 bits per heavy atom. The Labute approximate surface area is 120 Å². The number of nitrogen functional groups attached to an aromatic ring is 1. The number of nitrogens with one attached hydrogen (secondary N) is 3. The van der Waals surface area contributed by atoms with Crippen molar-refractivity contribution in [3.63, 3.8) is 0 Å². The van der Waals surface area contributed by atoms with E-state index in [9.17, 15) is 4.79 Å². The van der Waals surface area contributed by atoms with E-state index in [2.05, 4.69) is 35.8 Å². The number of carbonyl (C=O) groups is 1. The number of aromatic nitrogens is 4. The summed E-state index contributed by atoms with van der Waals surface area (Å²) >= 11 is 0. The van der Waals surface area contributed by atoms with Crippen LogP contribution in [0.5, 0.6) is 0 Å². The minimum absolute atomic E-state index is 0.0324. The van der Waals surface area contributed by atoms with E-state index in [0.29, 0.717) is 18.1 Å². The molecule has 21 heavy (non-hydrogen) atoms. The molecule has 0 saturated carbocycles. The summed E-state index contributed by atoms with van der Waals surface area (Å²) in [6.07, 6.45) is 3.59. The van der Waals surface area contributed by atoms with E-state index in [1.807, 2.05) is 0 Å². The maximum atomic E-state index is 11.9. The number of H-pyrrole nitrogens is 1. The molecule has 2 aromatic heterocycles. The molecule has 2 aliphatic heterocycles. The normalized spacial score (nSPS) is 25.0. The number of hydrazine groups is 1. The predicted molar refractivity (Wildman–Crippen MR) is 76.4 cm³/mol. The monoisotopic (exact) mass is 288 g/mol. The van der Waals surface area contributed by atoms with Crippen LogP contribution in [0.1, 0.15) is 12.8 Å². The lowest BCUT2D eigenvalue weighted by molar-refractivity contribution is -0.122. The lowest BCUT2D eigenvalue weighted by Gasteiger charge is -2.37. The van der Waals surface area contributed by atoms with Gasteiger partial charge in [0, 0.05) is 13.1 Å². The molecule has 9 nitrogen and oxygen atoms in total. The van der Waals surface area contributed by atoms with Crippen LogP contribution in [0.3, 0.4) is 0 Å². The van der Waals surface area contributed by atoms with Gasteiger partial charge in [0.1, 0.15) is 5.82 Å². The highest BCUT2D eigenvalue weighted by Crippen LogP contribution is 2.33. The van der Waals surface area contributed by atoms with Crippen molar-refractivity contribution in [2.24, 2.45) is 11.8 Å². The van der Waals surface area contributed by atoms with Gasteiger partial charge in [0.2, 0.25) is 11.9 Å². The Balaban J connectivity index is 1.81. The number of rotatable bonds is 2. The number of nitrogens with zero attached hydrogens (tertiary/aromatic N) is 4. The van der Waals surface area contributed by atoms with Crippen molar-refractivity contribution in [3.8, 4) is 0 Å². The Morgan fingerprint density at radius 1 is 1.43 bits per heavy atom. The average molecular weight is 288 g/mol. The predicted octanol–water partition coefficient (Wildman–Crippen LogP) is -0.647. The number of piperidine rings is 1. The number of carbonyl (C=O) groups excluding carboxylic acids is 1. The Bertz CT molecular complexity index is 698. The minimum atomic E-state index is 0.0324. The van der Waals surface area contributed by atoms with Crippen molar-refractivity contribution < 1.29 is 4.79 Å². The van der Waals surface area contributed by atoms with Crippen molar-refractivity contribution in [1.82, 2.24) is 25.5 Å². The summed E-state index contributed by atoms with van der Waals surface area (Å²) in [5.41, 5.74) is 3.11. The zero-order chi connectivity index (χ0) is 14.4. The van der Waals surface area contributed by atoms with Crippen molar-refractivity contribution in [2.75, 3.05) is 23.4 Å². The van der Waals surface area contributed by atoms with E-state index in [4.69, 9.17) is 5.84 Å². The Hall–Kier alpha value is -2.42. The first-order valence-electron chi connectivity index (χ1n) is 7.00. The van der Waals surface area contributed by atoms with Crippen LogP contribution in [-0.2, 0) is 4.79 Å². The second-order valence-electron chi connectivity index (χ2n) is 5.40. The van der Waals surface area contributed by atoms with Crippen molar-refractivity contribution in [3.05, 3.63) is 6.20 Å². The van der Waals surface area contributed by atoms with Gasteiger partial charge in [0.25, 0.3) is 0 Å². The molecular formula is C12H16N8O. The van der Waals surface area contributed by atoms with Gasteiger partial charge in [-0.1, -0.05) is 0 Å². The van der Waals surface area contributed by atoms with Crippen LogP contribution in [0, 0.1) is 5.92 Å². The maximum Gasteiger partial charge on any atom is 0.241 e. The number of hydrogen-bond acceptors (Lipinski definition) is 7. The van der Waals surface area contributed by atoms with Crippen LogP contribution in [0.2, 0.25) is 0 Å². The van der Waals surface area contributed by atoms with Gasteiger partial charge in [-0.2, -0.15) is 15.1 Å². The molecule has 2 aromatic rings. The van der Waals surface area contributed by atoms with Crippen LogP contribution < -0.4 is 21.5 Å². The fraction of sp³-hybridized carbons (Fsp3) is 0.500. The van der Waals surface area contributed by atoms with Crippen LogP contribution in [-0.4, -0.2) is 45.2 Å². The number of hydrogen-bond donors (Lipinski definition) is 4. The molecule has 2 unspecified atom stereocenters. The summed E-state index contributed by atoms with van der Waals surface area (Å²) in [6, 6.07) is 0.130. The SMILES string of the molecule is NNc1nc(N2CCCC3C(=O)NCC32)c2cn[nH]c2n1. The molecule has 2 aliphatic rings. The molecule has 5 N–H and O–H groups in total. The first-order chi connectivity index (χ1) is 10.3. The molecule has 4 rings (SSSR count). The van der Waals surface area contributed by atoms with E-state index >= 15 is 0 Å². The molecule has 2 fully saturated rings. The lowest BCUT2D eigenvalue weighted by atomic mass is 9.91. The molecule has 0 aromatic carbocycles. The minimum Gasteiger partial charge on any atom is -0.354 e. The highest BCUT2D eigenvalue weighted by molar-refractivity contribution is 5.89. The van der Waals surface area contributed by atoms with E-state index in [1.165, 1.54) is 0 Å². The van der Waals surface area contributed by atoms with Gasteiger partial charge < -0.3 is 10.2 Å². The quantitative estimate of drug-likeness (QED) is 0.427. The van der Waals surface area contributed by atoms with E-state index < -0.39 is 0 Å². The summed E-state index contributed by atoms with van der Waals surface area (Å²) in [6.45, 7) is 1.51. The standard InChI is InChI=1S/C12H16N8O/c13-18-12-16-9-7(4-15-19-9)10(17-12)20-3-1-2-6-8(20)5-14-11(6)21/h4,6,8H,1-3,5,13H2,(H,14,21)(H2,15,16,17,18,19). The molecule has 110 valence electrons. The molecule has 4 heterocycles.